The van der Waals surface area contributed by atoms with E-state index in [1.807, 2.05) is 29.2 Å². The van der Waals surface area contributed by atoms with Crippen molar-refractivity contribution in [2.45, 2.75) is 44.6 Å². The maximum absolute atomic E-state index is 12.4. The fourth-order valence-electron chi connectivity index (χ4n) is 2.77. The number of hydrogen-bond donors (Lipinski definition) is 2. The molecule has 1 unspecified atom stereocenters. The number of likely N-dealkylation sites (tertiary alicyclic amines) is 1. The molecule has 0 aromatic heterocycles. The maximum atomic E-state index is 12.4. The van der Waals surface area contributed by atoms with E-state index in [4.69, 9.17) is 5.73 Å². The number of benzene rings is 1. The zero-order chi connectivity index (χ0) is 14.4. The average Bonchev–Trinajstić information content (AvgIpc) is 2.71. The molecular weight excluding hydrogens is 252 g/mol. The third-order valence-corrected chi connectivity index (χ3v) is 4.02. The Balaban J connectivity index is 1.90. The summed E-state index contributed by atoms with van der Waals surface area (Å²) in [5.41, 5.74) is 7.52. The second kappa shape index (κ2) is 7.29. The van der Waals surface area contributed by atoms with E-state index in [1.165, 1.54) is 0 Å². The molecule has 2 rings (SSSR count). The first-order valence-electron chi connectivity index (χ1n) is 7.45. The highest BCUT2D eigenvalue weighted by Gasteiger charge is 2.24. The molecule has 0 spiro atoms. The first-order chi connectivity index (χ1) is 9.70. The van der Waals surface area contributed by atoms with Crippen LogP contribution in [-0.4, -0.2) is 35.1 Å². The van der Waals surface area contributed by atoms with E-state index in [9.17, 15) is 9.90 Å². The number of carbonyl (C=O) groups excluding carboxylic acids is 1. The van der Waals surface area contributed by atoms with Gasteiger partial charge in [-0.25, -0.2) is 0 Å². The van der Waals surface area contributed by atoms with E-state index in [-0.39, 0.29) is 18.6 Å². The molecule has 1 aromatic carbocycles. The Morgan fingerprint density at radius 1 is 1.25 bits per heavy atom. The quantitative estimate of drug-likeness (QED) is 0.826. The lowest BCUT2D eigenvalue weighted by molar-refractivity contribution is -0.134. The van der Waals surface area contributed by atoms with Gasteiger partial charge in [0.15, 0.2) is 0 Å². The number of amides is 1. The van der Waals surface area contributed by atoms with E-state index < -0.39 is 0 Å². The minimum atomic E-state index is 0.0106. The van der Waals surface area contributed by atoms with E-state index in [2.05, 4.69) is 0 Å². The minimum Gasteiger partial charge on any atom is -0.399 e. The Morgan fingerprint density at radius 2 is 2.00 bits per heavy atom. The molecule has 4 nitrogen and oxygen atoms in total. The summed E-state index contributed by atoms with van der Waals surface area (Å²) >= 11 is 0. The number of hydrogen-bond acceptors (Lipinski definition) is 3. The number of aliphatic hydroxyl groups is 1. The van der Waals surface area contributed by atoms with Gasteiger partial charge in [0.05, 0.1) is 12.6 Å². The zero-order valence-electron chi connectivity index (χ0n) is 11.9. The second-order valence-corrected chi connectivity index (χ2v) is 5.51. The van der Waals surface area contributed by atoms with Gasteiger partial charge in [0.25, 0.3) is 0 Å². The summed E-state index contributed by atoms with van der Waals surface area (Å²) in [4.78, 5) is 14.2. The molecule has 1 aliphatic rings. The molecule has 1 aliphatic heterocycles. The van der Waals surface area contributed by atoms with Gasteiger partial charge < -0.3 is 15.7 Å². The molecule has 4 heteroatoms. The van der Waals surface area contributed by atoms with E-state index in [0.29, 0.717) is 6.42 Å². The van der Waals surface area contributed by atoms with Crippen molar-refractivity contribution in [3.8, 4) is 0 Å². The van der Waals surface area contributed by atoms with Crippen LogP contribution in [0, 0.1) is 0 Å². The lowest BCUT2D eigenvalue weighted by Gasteiger charge is -2.28. The summed E-state index contributed by atoms with van der Waals surface area (Å²) in [7, 11) is 0. The first-order valence-corrected chi connectivity index (χ1v) is 7.45. The fourth-order valence-corrected chi connectivity index (χ4v) is 2.77. The molecule has 0 radical (unpaired) electrons. The predicted octanol–water partition coefficient (Wildman–Crippen LogP) is 1.96. The molecule has 1 aromatic rings. The third kappa shape index (κ3) is 3.97. The van der Waals surface area contributed by atoms with Gasteiger partial charge in [-0.1, -0.05) is 25.0 Å². The molecule has 0 bridgehead atoms. The van der Waals surface area contributed by atoms with Crippen LogP contribution in [0.5, 0.6) is 0 Å². The summed E-state index contributed by atoms with van der Waals surface area (Å²) < 4.78 is 0. The lowest BCUT2D eigenvalue weighted by Crippen LogP contribution is -2.42. The Hall–Kier alpha value is -1.55. The fraction of sp³-hybridized carbons (Fsp3) is 0.562. The van der Waals surface area contributed by atoms with Crippen molar-refractivity contribution < 1.29 is 9.90 Å². The first kappa shape index (κ1) is 14.9. The van der Waals surface area contributed by atoms with Crippen molar-refractivity contribution in [2.24, 2.45) is 0 Å². The van der Waals surface area contributed by atoms with E-state index in [1.54, 1.807) is 0 Å². The van der Waals surface area contributed by atoms with E-state index >= 15 is 0 Å². The van der Waals surface area contributed by atoms with Crippen LogP contribution in [0.2, 0.25) is 0 Å². The van der Waals surface area contributed by atoms with Crippen LogP contribution < -0.4 is 5.73 Å². The molecule has 3 N–H and O–H groups in total. The van der Waals surface area contributed by atoms with Crippen LogP contribution in [0.4, 0.5) is 5.69 Å². The number of carbonyl (C=O) groups is 1. The largest absolute Gasteiger partial charge is 0.399 e. The number of nitrogen functional groups attached to an aromatic ring is 1. The van der Waals surface area contributed by atoms with E-state index in [0.717, 1.165) is 49.9 Å². The number of rotatable bonds is 4. The van der Waals surface area contributed by atoms with Crippen molar-refractivity contribution >= 4 is 11.6 Å². The van der Waals surface area contributed by atoms with Crippen molar-refractivity contribution in [2.75, 3.05) is 18.9 Å². The molecule has 0 aliphatic carbocycles. The average molecular weight is 276 g/mol. The SMILES string of the molecule is Nc1ccc(CCC(=O)N2CCCCCC2CO)cc1. The van der Waals surface area contributed by atoms with Crippen molar-refractivity contribution in [1.82, 2.24) is 4.90 Å². The van der Waals surface area contributed by atoms with Crippen LogP contribution >= 0.6 is 0 Å². The van der Waals surface area contributed by atoms with Crippen LogP contribution in [0.1, 0.15) is 37.7 Å². The van der Waals surface area contributed by atoms with Gasteiger partial charge in [-0.2, -0.15) is 0 Å². The van der Waals surface area contributed by atoms with Gasteiger partial charge in [-0.05, 0) is 37.0 Å². The van der Waals surface area contributed by atoms with Crippen LogP contribution in [0.3, 0.4) is 0 Å². The van der Waals surface area contributed by atoms with Crippen molar-refractivity contribution in [3.63, 3.8) is 0 Å². The second-order valence-electron chi connectivity index (χ2n) is 5.51. The molecule has 1 saturated heterocycles. The molecule has 0 saturated carbocycles. The Morgan fingerprint density at radius 3 is 2.70 bits per heavy atom. The van der Waals surface area contributed by atoms with Gasteiger partial charge in [0.2, 0.25) is 5.91 Å². The van der Waals surface area contributed by atoms with Gasteiger partial charge >= 0.3 is 0 Å². The number of aryl methyl sites for hydroxylation is 1. The standard InChI is InChI=1S/C16H24N2O2/c17-14-8-5-13(6-9-14)7-10-16(20)18-11-3-1-2-4-15(18)12-19/h5-6,8-9,15,19H,1-4,7,10-12,17H2. The highest BCUT2D eigenvalue weighted by molar-refractivity contribution is 5.76. The molecule has 1 atom stereocenters. The summed E-state index contributed by atoms with van der Waals surface area (Å²) in [6.07, 6.45) is 5.45. The Bertz CT molecular complexity index is 431. The number of nitrogens with two attached hydrogens (primary N) is 1. The van der Waals surface area contributed by atoms with Crippen LogP contribution in [-0.2, 0) is 11.2 Å². The molecule has 1 fully saturated rings. The summed E-state index contributed by atoms with van der Waals surface area (Å²) in [6.45, 7) is 0.861. The third-order valence-electron chi connectivity index (χ3n) is 4.02. The van der Waals surface area contributed by atoms with Crippen LogP contribution in [0.25, 0.3) is 0 Å². The van der Waals surface area contributed by atoms with Gasteiger partial charge in [0, 0.05) is 18.7 Å². The lowest BCUT2D eigenvalue weighted by atomic mass is 10.1. The normalized spacial score (nSPS) is 19.6. The molecular formula is C16H24N2O2. The predicted molar refractivity (Wildman–Crippen MR) is 80.2 cm³/mol. The smallest absolute Gasteiger partial charge is 0.223 e. The van der Waals surface area contributed by atoms with Crippen molar-refractivity contribution in [3.05, 3.63) is 29.8 Å². The maximum Gasteiger partial charge on any atom is 0.223 e. The monoisotopic (exact) mass is 276 g/mol. The molecule has 1 amide bonds. The minimum absolute atomic E-state index is 0.0106. The Labute approximate surface area is 120 Å². The van der Waals surface area contributed by atoms with Gasteiger partial charge in [0.1, 0.15) is 0 Å². The highest BCUT2D eigenvalue weighted by atomic mass is 16.3. The zero-order valence-corrected chi connectivity index (χ0v) is 11.9. The molecule has 1 heterocycles. The van der Waals surface area contributed by atoms with Gasteiger partial charge in [-0.15, -0.1) is 0 Å². The summed E-state index contributed by atoms with van der Waals surface area (Å²) in [6, 6.07) is 7.67. The summed E-state index contributed by atoms with van der Waals surface area (Å²) in [5, 5.41) is 9.44. The number of nitrogens with zero attached hydrogens (tertiary/aromatic N) is 1. The summed E-state index contributed by atoms with van der Waals surface area (Å²) in [5.74, 6) is 0.155. The molecule has 110 valence electrons. The Kier molecular flexibility index (Phi) is 5.41. The van der Waals surface area contributed by atoms with Crippen molar-refractivity contribution in [1.29, 1.82) is 0 Å². The number of anilines is 1. The number of aliphatic hydroxyl groups excluding tert-OH is 1. The highest BCUT2D eigenvalue weighted by Crippen LogP contribution is 2.18. The topological polar surface area (TPSA) is 66.6 Å². The van der Waals surface area contributed by atoms with Gasteiger partial charge in [-0.3, -0.25) is 4.79 Å². The molecule has 20 heavy (non-hydrogen) atoms. The van der Waals surface area contributed by atoms with Crippen LogP contribution in [0.15, 0.2) is 24.3 Å².